The molecule has 0 unspecified atom stereocenters. The molecule has 0 aliphatic heterocycles. The van der Waals surface area contributed by atoms with Crippen molar-refractivity contribution in [1.82, 2.24) is 9.97 Å². The lowest BCUT2D eigenvalue weighted by Crippen LogP contribution is -1.92. The normalized spacial score (nSPS) is 11.4. The summed E-state index contributed by atoms with van der Waals surface area (Å²) in [6.07, 6.45) is 3.02. The van der Waals surface area contributed by atoms with Crippen LogP contribution in [0.15, 0.2) is 46.9 Å². The fraction of sp³-hybridized carbons (Fsp3) is 0.125. The number of azo groups is 1. The molecule has 22 heavy (non-hydrogen) atoms. The van der Waals surface area contributed by atoms with E-state index in [9.17, 15) is 9.90 Å². The van der Waals surface area contributed by atoms with Crippen LogP contribution in [0.4, 0.5) is 5.69 Å². The first kappa shape index (κ1) is 13.9. The van der Waals surface area contributed by atoms with E-state index in [1.54, 1.807) is 12.1 Å². The molecule has 0 spiro atoms. The van der Waals surface area contributed by atoms with Crippen LogP contribution >= 0.6 is 0 Å². The summed E-state index contributed by atoms with van der Waals surface area (Å²) in [6, 6.07) is 6.90. The number of fused-ring (bicyclic) bond motifs is 1. The Hall–Kier alpha value is -3.02. The van der Waals surface area contributed by atoms with Crippen molar-refractivity contribution < 1.29 is 9.90 Å². The van der Waals surface area contributed by atoms with Gasteiger partial charge in [0.25, 0.3) is 5.91 Å². The summed E-state index contributed by atoms with van der Waals surface area (Å²) in [4.78, 5) is 18.6. The smallest absolute Gasteiger partial charge is 0.295 e. The molecule has 0 aliphatic carbocycles. The van der Waals surface area contributed by atoms with Gasteiger partial charge in [0, 0.05) is 23.3 Å². The number of benzene rings is 1. The maximum Gasteiger partial charge on any atom is 0.295 e. The molecule has 0 aliphatic rings. The Morgan fingerprint density at radius 1 is 1.18 bits per heavy atom. The Labute approximate surface area is 126 Å². The van der Waals surface area contributed by atoms with Crippen LogP contribution < -0.4 is 0 Å². The molecule has 0 radical (unpaired) electrons. The maximum atomic E-state index is 11.9. The predicted molar refractivity (Wildman–Crippen MR) is 82.5 cm³/mol. The third kappa shape index (κ3) is 2.35. The Balaban J connectivity index is 2.01. The van der Waals surface area contributed by atoms with E-state index in [0.717, 1.165) is 22.0 Å². The minimum absolute atomic E-state index is 0.102. The highest BCUT2D eigenvalue weighted by Gasteiger charge is 2.13. The van der Waals surface area contributed by atoms with Crippen molar-refractivity contribution in [2.45, 2.75) is 13.8 Å². The summed E-state index contributed by atoms with van der Waals surface area (Å²) in [5, 5.41) is 18.3. The number of carbonyl (C=O) groups excluding carboxylic acids is 1. The van der Waals surface area contributed by atoms with Crippen LogP contribution in [-0.4, -0.2) is 21.0 Å². The maximum absolute atomic E-state index is 11.9. The number of pyridine rings is 1. The van der Waals surface area contributed by atoms with Gasteiger partial charge in [-0.1, -0.05) is 12.1 Å². The molecule has 2 N–H and O–H groups in total. The van der Waals surface area contributed by atoms with Gasteiger partial charge in [0.05, 0.1) is 5.52 Å². The molecular weight excluding hydrogens is 280 g/mol. The molecule has 3 aromatic rings. The molecule has 0 bridgehead atoms. The van der Waals surface area contributed by atoms with Crippen LogP contribution in [0.2, 0.25) is 0 Å². The van der Waals surface area contributed by atoms with Crippen LogP contribution in [0, 0.1) is 13.8 Å². The van der Waals surface area contributed by atoms with Crippen molar-refractivity contribution in [1.29, 1.82) is 0 Å². The van der Waals surface area contributed by atoms with Crippen molar-refractivity contribution in [3.05, 3.63) is 53.3 Å². The number of aromatic hydroxyl groups is 1. The van der Waals surface area contributed by atoms with E-state index in [0.29, 0.717) is 5.56 Å². The van der Waals surface area contributed by atoms with E-state index < -0.39 is 5.91 Å². The summed E-state index contributed by atoms with van der Waals surface area (Å²) in [7, 11) is 0. The van der Waals surface area contributed by atoms with Crippen molar-refractivity contribution in [2.24, 2.45) is 10.2 Å². The van der Waals surface area contributed by atoms with E-state index in [-0.39, 0.29) is 11.6 Å². The van der Waals surface area contributed by atoms with Gasteiger partial charge in [-0.05, 0) is 37.1 Å². The minimum atomic E-state index is -0.486. The molecule has 6 nitrogen and oxygen atoms in total. The predicted octanol–water partition coefficient (Wildman–Crippen LogP) is 3.81. The number of nitrogens with one attached hydrogen (secondary N) is 1. The molecular formula is C16H14N4O2. The average molecular weight is 294 g/mol. The summed E-state index contributed by atoms with van der Waals surface area (Å²) in [6.45, 7) is 3.94. The highest BCUT2D eigenvalue weighted by atomic mass is 16.3. The number of hydrogen-bond acceptors (Lipinski definition) is 4. The molecule has 3 rings (SSSR count). The summed E-state index contributed by atoms with van der Waals surface area (Å²) in [5.74, 6) is -0.588. The number of amides is 1. The van der Waals surface area contributed by atoms with E-state index in [1.165, 1.54) is 12.4 Å². The molecule has 110 valence electrons. The Kier molecular flexibility index (Phi) is 3.42. The van der Waals surface area contributed by atoms with Crippen molar-refractivity contribution in [3.63, 3.8) is 0 Å². The second-order valence-corrected chi connectivity index (χ2v) is 4.99. The second kappa shape index (κ2) is 5.40. The van der Waals surface area contributed by atoms with E-state index in [4.69, 9.17) is 0 Å². The van der Waals surface area contributed by atoms with Crippen LogP contribution in [0.5, 0.6) is 5.88 Å². The number of nitrogens with zero attached hydrogens (tertiary/aromatic N) is 3. The topological polar surface area (TPSA) is 90.7 Å². The molecule has 0 saturated heterocycles. The molecule has 2 aromatic heterocycles. The summed E-state index contributed by atoms with van der Waals surface area (Å²) >= 11 is 0. The molecule has 2 heterocycles. The van der Waals surface area contributed by atoms with Gasteiger partial charge in [-0.15, -0.1) is 10.2 Å². The Morgan fingerprint density at radius 3 is 2.64 bits per heavy atom. The monoisotopic (exact) mass is 294 g/mol. The number of aryl methyl sites for hydroxylation is 2. The van der Waals surface area contributed by atoms with E-state index >= 15 is 0 Å². The lowest BCUT2D eigenvalue weighted by atomic mass is 10.1. The highest BCUT2D eigenvalue weighted by molar-refractivity contribution is 5.98. The zero-order chi connectivity index (χ0) is 15.7. The summed E-state index contributed by atoms with van der Waals surface area (Å²) in [5.41, 5.74) is 3.58. The largest absolute Gasteiger partial charge is 0.493 e. The molecule has 6 heteroatoms. The fourth-order valence-electron chi connectivity index (χ4n) is 2.23. The van der Waals surface area contributed by atoms with Crippen molar-refractivity contribution in [2.75, 3.05) is 0 Å². The zero-order valence-corrected chi connectivity index (χ0v) is 12.2. The standard InChI is InChI=1S/C16H14N4O2/c1-9-3-4-12-13(10(9)2)18-16(22)14(12)19-20-15(21)11-5-7-17-8-6-11/h3-8,18,22H,1-2H3. The SMILES string of the molecule is Cc1ccc2c(N=NC(=O)c3ccncc3)c(O)[nH]c2c1C. The van der Waals surface area contributed by atoms with Crippen LogP contribution in [-0.2, 0) is 0 Å². The first-order chi connectivity index (χ1) is 10.6. The van der Waals surface area contributed by atoms with Crippen LogP contribution in [0.1, 0.15) is 21.5 Å². The van der Waals surface area contributed by atoms with Gasteiger partial charge in [0.15, 0.2) is 5.69 Å². The molecule has 1 amide bonds. The first-order valence-electron chi connectivity index (χ1n) is 6.75. The van der Waals surface area contributed by atoms with E-state index in [2.05, 4.69) is 20.2 Å². The van der Waals surface area contributed by atoms with Crippen molar-refractivity contribution >= 4 is 22.5 Å². The summed E-state index contributed by atoms with van der Waals surface area (Å²) < 4.78 is 0. The Morgan fingerprint density at radius 2 is 1.91 bits per heavy atom. The number of carbonyl (C=O) groups is 1. The average Bonchev–Trinajstić information content (AvgIpc) is 2.86. The quantitative estimate of drug-likeness (QED) is 0.704. The van der Waals surface area contributed by atoms with E-state index in [1.807, 2.05) is 26.0 Å². The lowest BCUT2D eigenvalue weighted by molar-refractivity contribution is 0.0995. The lowest BCUT2D eigenvalue weighted by Gasteiger charge is -2.00. The highest BCUT2D eigenvalue weighted by Crippen LogP contribution is 2.37. The fourth-order valence-corrected chi connectivity index (χ4v) is 2.23. The van der Waals surface area contributed by atoms with Gasteiger partial charge in [0.2, 0.25) is 5.88 Å². The van der Waals surface area contributed by atoms with Gasteiger partial charge < -0.3 is 10.1 Å². The second-order valence-electron chi connectivity index (χ2n) is 4.99. The first-order valence-corrected chi connectivity index (χ1v) is 6.75. The number of H-pyrrole nitrogens is 1. The van der Waals surface area contributed by atoms with Crippen LogP contribution in [0.3, 0.4) is 0 Å². The zero-order valence-electron chi connectivity index (χ0n) is 12.2. The van der Waals surface area contributed by atoms with Gasteiger partial charge in [0.1, 0.15) is 0 Å². The number of hydrogen-bond donors (Lipinski definition) is 2. The molecule has 1 aromatic carbocycles. The van der Waals surface area contributed by atoms with Crippen LogP contribution in [0.25, 0.3) is 10.9 Å². The molecule has 0 fully saturated rings. The molecule has 0 atom stereocenters. The van der Waals surface area contributed by atoms with Crippen molar-refractivity contribution in [3.8, 4) is 5.88 Å². The third-order valence-electron chi connectivity index (χ3n) is 3.63. The molecule has 0 saturated carbocycles. The number of rotatable bonds is 2. The Bertz CT molecular complexity index is 882. The number of aromatic amines is 1. The van der Waals surface area contributed by atoms with Gasteiger partial charge >= 0.3 is 0 Å². The number of aromatic nitrogens is 2. The third-order valence-corrected chi connectivity index (χ3v) is 3.63. The van der Waals surface area contributed by atoms with Gasteiger partial charge in [-0.3, -0.25) is 9.78 Å². The van der Waals surface area contributed by atoms with Gasteiger partial charge in [-0.2, -0.15) is 0 Å². The minimum Gasteiger partial charge on any atom is -0.493 e. The van der Waals surface area contributed by atoms with Gasteiger partial charge in [-0.25, -0.2) is 0 Å².